The number of halogens is 4. The van der Waals surface area contributed by atoms with Crippen LogP contribution in [0.1, 0.15) is 6.55 Å². The van der Waals surface area contributed by atoms with Gasteiger partial charge in [-0.05, 0) is 28.1 Å². The fourth-order valence-corrected chi connectivity index (χ4v) is 1.50. The maximum atomic E-state index is 13.3. The molecular formula is C8H4BrF3N2. The fourth-order valence-electron chi connectivity index (χ4n) is 1.15. The molecule has 0 atom stereocenters. The highest BCUT2D eigenvalue weighted by Crippen LogP contribution is 2.25. The summed E-state index contributed by atoms with van der Waals surface area (Å²) in [5.74, 6) is -0.575. The molecule has 0 N–H and O–H groups in total. The first-order valence-electron chi connectivity index (χ1n) is 3.70. The molecule has 0 radical (unpaired) electrons. The van der Waals surface area contributed by atoms with E-state index in [1.165, 1.54) is 12.1 Å². The number of benzene rings is 1. The molecular weight excluding hydrogens is 261 g/mol. The topological polar surface area (TPSA) is 17.8 Å². The van der Waals surface area contributed by atoms with E-state index >= 15 is 0 Å². The van der Waals surface area contributed by atoms with Crippen molar-refractivity contribution < 1.29 is 13.2 Å². The van der Waals surface area contributed by atoms with Crippen LogP contribution in [0, 0.1) is 5.82 Å². The molecule has 0 fully saturated rings. The number of aromatic nitrogens is 2. The van der Waals surface area contributed by atoms with E-state index < -0.39 is 12.4 Å². The Labute approximate surface area is 85.4 Å². The summed E-state index contributed by atoms with van der Waals surface area (Å²) in [5.41, 5.74) is 0.214. The Balaban J connectivity index is 2.71. The summed E-state index contributed by atoms with van der Waals surface area (Å²) >= 11 is 2.96. The van der Waals surface area contributed by atoms with Gasteiger partial charge in [-0.25, -0.2) is 9.07 Å². The normalized spacial score (nSPS) is 11.5. The molecule has 1 aromatic heterocycles. The van der Waals surface area contributed by atoms with Crippen molar-refractivity contribution in [2.45, 2.75) is 6.55 Å². The standard InChI is InChI=1S/C8H4BrF3N2/c9-5-1-2-6-4(7(5)10)3-14(13-6)8(11)12/h1-3,8H. The van der Waals surface area contributed by atoms with E-state index in [2.05, 4.69) is 21.0 Å². The van der Waals surface area contributed by atoms with E-state index in [-0.39, 0.29) is 15.4 Å². The van der Waals surface area contributed by atoms with Crippen molar-refractivity contribution in [2.75, 3.05) is 0 Å². The molecule has 6 heteroatoms. The van der Waals surface area contributed by atoms with Gasteiger partial charge in [-0.2, -0.15) is 13.9 Å². The number of fused-ring (bicyclic) bond motifs is 1. The van der Waals surface area contributed by atoms with Gasteiger partial charge >= 0.3 is 6.55 Å². The average molecular weight is 265 g/mol. The molecule has 1 aromatic carbocycles. The maximum Gasteiger partial charge on any atom is 0.333 e. The number of hydrogen-bond acceptors (Lipinski definition) is 1. The van der Waals surface area contributed by atoms with Crippen LogP contribution in [0.4, 0.5) is 13.2 Å². The summed E-state index contributed by atoms with van der Waals surface area (Å²) in [5, 5.41) is 3.60. The third-order valence-electron chi connectivity index (χ3n) is 1.79. The Bertz CT molecular complexity index is 481. The summed E-state index contributed by atoms with van der Waals surface area (Å²) in [6, 6.07) is 2.90. The molecule has 0 aliphatic rings. The van der Waals surface area contributed by atoms with Crippen LogP contribution in [0.2, 0.25) is 0 Å². The van der Waals surface area contributed by atoms with Gasteiger partial charge in [-0.15, -0.1) is 0 Å². The van der Waals surface area contributed by atoms with Crippen LogP contribution in [-0.2, 0) is 0 Å². The summed E-state index contributed by atoms with van der Waals surface area (Å²) in [4.78, 5) is 0. The molecule has 0 aliphatic heterocycles. The summed E-state index contributed by atoms with van der Waals surface area (Å²) < 4.78 is 38.4. The summed E-state index contributed by atoms with van der Waals surface area (Å²) in [6.07, 6.45) is 0.986. The Morgan fingerprint density at radius 2 is 2.07 bits per heavy atom. The first-order valence-corrected chi connectivity index (χ1v) is 4.50. The molecule has 1 heterocycles. The smallest absolute Gasteiger partial charge is 0.210 e. The Kier molecular flexibility index (Phi) is 2.22. The number of nitrogens with zero attached hydrogens (tertiary/aromatic N) is 2. The van der Waals surface area contributed by atoms with Crippen molar-refractivity contribution in [3.63, 3.8) is 0 Å². The predicted molar refractivity (Wildman–Crippen MR) is 48.6 cm³/mol. The molecule has 0 saturated carbocycles. The lowest BCUT2D eigenvalue weighted by Crippen LogP contribution is -1.96. The Hall–Kier alpha value is -1.04. The van der Waals surface area contributed by atoms with Crippen molar-refractivity contribution in [3.05, 3.63) is 28.6 Å². The molecule has 2 nitrogen and oxygen atoms in total. The van der Waals surface area contributed by atoms with Gasteiger partial charge in [0, 0.05) is 6.20 Å². The first kappa shape index (κ1) is 9.51. The van der Waals surface area contributed by atoms with Gasteiger partial charge in [-0.1, -0.05) is 0 Å². The Morgan fingerprint density at radius 3 is 2.71 bits per heavy atom. The second-order valence-electron chi connectivity index (χ2n) is 2.68. The zero-order valence-corrected chi connectivity index (χ0v) is 8.30. The van der Waals surface area contributed by atoms with E-state index in [0.717, 1.165) is 6.20 Å². The minimum atomic E-state index is -2.75. The maximum absolute atomic E-state index is 13.3. The molecule has 0 spiro atoms. The zero-order valence-electron chi connectivity index (χ0n) is 6.72. The van der Waals surface area contributed by atoms with Crippen molar-refractivity contribution in [1.29, 1.82) is 0 Å². The first-order chi connectivity index (χ1) is 6.59. The van der Waals surface area contributed by atoms with Gasteiger partial charge in [0.25, 0.3) is 0 Å². The predicted octanol–water partition coefficient (Wildman–Crippen LogP) is 3.33. The average Bonchev–Trinajstić information content (AvgIpc) is 2.56. The largest absolute Gasteiger partial charge is 0.333 e. The van der Waals surface area contributed by atoms with Crippen LogP contribution in [0.25, 0.3) is 10.9 Å². The zero-order chi connectivity index (χ0) is 10.3. The lowest BCUT2D eigenvalue weighted by atomic mass is 10.2. The Morgan fingerprint density at radius 1 is 1.36 bits per heavy atom. The highest BCUT2D eigenvalue weighted by Gasteiger charge is 2.12. The van der Waals surface area contributed by atoms with E-state index in [9.17, 15) is 13.2 Å². The SMILES string of the molecule is Fc1c(Br)ccc2nn(C(F)F)cc12. The van der Waals surface area contributed by atoms with Gasteiger partial charge in [0.15, 0.2) is 0 Å². The van der Waals surface area contributed by atoms with Gasteiger partial charge in [0.2, 0.25) is 0 Å². The lowest BCUT2D eigenvalue weighted by Gasteiger charge is -1.94. The molecule has 0 bridgehead atoms. The second-order valence-corrected chi connectivity index (χ2v) is 3.54. The quantitative estimate of drug-likeness (QED) is 0.773. The second kappa shape index (κ2) is 3.27. The summed E-state index contributed by atoms with van der Waals surface area (Å²) in [6.45, 7) is -2.75. The van der Waals surface area contributed by atoms with Gasteiger partial charge in [0.1, 0.15) is 5.82 Å². The molecule has 0 unspecified atom stereocenters. The third kappa shape index (κ3) is 1.39. The fraction of sp³-hybridized carbons (Fsp3) is 0.125. The lowest BCUT2D eigenvalue weighted by molar-refractivity contribution is 0.0573. The van der Waals surface area contributed by atoms with Crippen molar-refractivity contribution in [2.24, 2.45) is 0 Å². The highest BCUT2D eigenvalue weighted by molar-refractivity contribution is 9.10. The van der Waals surface area contributed by atoms with E-state index in [4.69, 9.17) is 0 Å². The molecule has 2 rings (SSSR count). The highest BCUT2D eigenvalue weighted by atomic mass is 79.9. The van der Waals surface area contributed by atoms with E-state index in [0.29, 0.717) is 4.68 Å². The summed E-state index contributed by atoms with van der Waals surface area (Å²) in [7, 11) is 0. The number of hydrogen-bond donors (Lipinski definition) is 0. The minimum absolute atomic E-state index is 0.0830. The minimum Gasteiger partial charge on any atom is -0.210 e. The monoisotopic (exact) mass is 264 g/mol. The number of alkyl halides is 2. The molecule has 2 aromatic rings. The van der Waals surface area contributed by atoms with Crippen LogP contribution in [0.15, 0.2) is 22.8 Å². The van der Waals surface area contributed by atoms with E-state index in [1.54, 1.807) is 0 Å². The van der Waals surface area contributed by atoms with E-state index in [1.807, 2.05) is 0 Å². The van der Waals surface area contributed by atoms with Crippen LogP contribution < -0.4 is 0 Å². The molecule has 14 heavy (non-hydrogen) atoms. The van der Waals surface area contributed by atoms with Crippen LogP contribution in [-0.4, -0.2) is 9.78 Å². The number of rotatable bonds is 1. The third-order valence-corrected chi connectivity index (χ3v) is 2.41. The van der Waals surface area contributed by atoms with Crippen LogP contribution in [0.5, 0.6) is 0 Å². The van der Waals surface area contributed by atoms with Gasteiger partial charge < -0.3 is 0 Å². The molecule has 0 aliphatic carbocycles. The van der Waals surface area contributed by atoms with Gasteiger partial charge in [-0.3, -0.25) is 0 Å². The van der Waals surface area contributed by atoms with Crippen molar-refractivity contribution >= 4 is 26.8 Å². The van der Waals surface area contributed by atoms with Gasteiger partial charge in [0.05, 0.1) is 15.4 Å². The van der Waals surface area contributed by atoms with Crippen molar-refractivity contribution in [1.82, 2.24) is 9.78 Å². The molecule has 0 saturated heterocycles. The molecule has 74 valence electrons. The van der Waals surface area contributed by atoms with Crippen LogP contribution in [0.3, 0.4) is 0 Å². The molecule has 0 amide bonds. The van der Waals surface area contributed by atoms with Crippen LogP contribution >= 0.6 is 15.9 Å². The van der Waals surface area contributed by atoms with Crippen molar-refractivity contribution in [3.8, 4) is 0 Å².